The highest BCUT2D eigenvalue weighted by Crippen LogP contribution is 2.25. The molecule has 0 radical (unpaired) electrons. The second-order valence-corrected chi connectivity index (χ2v) is 5.42. The zero-order valence-corrected chi connectivity index (χ0v) is 9.65. The summed E-state index contributed by atoms with van der Waals surface area (Å²) < 4.78 is 12.0. The monoisotopic (exact) mass is 253 g/mol. The molecule has 1 aromatic rings. The van der Waals surface area contributed by atoms with Gasteiger partial charge in [0.2, 0.25) is 5.91 Å². The van der Waals surface area contributed by atoms with Crippen LogP contribution in [0.2, 0.25) is 0 Å². The molecule has 2 rings (SSSR count). The number of hydrogen-bond donors (Lipinski definition) is 2. The summed E-state index contributed by atoms with van der Waals surface area (Å²) >= 11 is 0. The average Bonchev–Trinajstić information content (AvgIpc) is 2.26. The van der Waals surface area contributed by atoms with Crippen LogP contribution in [-0.2, 0) is 20.4 Å². The Labute approximate surface area is 100 Å². The predicted molar refractivity (Wildman–Crippen MR) is 61.5 cm³/mol. The second kappa shape index (κ2) is 4.67. The first kappa shape index (κ1) is 11.8. The van der Waals surface area contributed by atoms with Gasteiger partial charge in [-0.25, -0.2) is 0 Å². The van der Waals surface area contributed by atoms with Crippen molar-refractivity contribution in [3.63, 3.8) is 0 Å². The van der Waals surface area contributed by atoms with Crippen LogP contribution in [0.25, 0.3) is 0 Å². The minimum atomic E-state index is -1.65. The molecule has 1 aromatic carbocycles. The number of carbonyl (C=O) groups excluding carboxylic acids is 1. The van der Waals surface area contributed by atoms with E-state index in [2.05, 4.69) is 5.32 Å². The highest BCUT2D eigenvalue weighted by atomic mass is 32.2. The Morgan fingerprint density at radius 1 is 1.41 bits per heavy atom. The molecule has 0 spiro atoms. The van der Waals surface area contributed by atoms with E-state index in [1.807, 2.05) is 0 Å². The lowest BCUT2D eigenvalue weighted by atomic mass is 10.1. The lowest BCUT2D eigenvalue weighted by molar-refractivity contribution is -0.136. The van der Waals surface area contributed by atoms with Gasteiger partial charge in [-0.3, -0.25) is 13.8 Å². The normalized spacial score (nSPS) is 22.1. The quantitative estimate of drug-likeness (QED) is 0.761. The topological polar surface area (TPSA) is 83.5 Å². The molecule has 1 fully saturated rings. The van der Waals surface area contributed by atoms with Crippen LogP contribution in [0.4, 0.5) is 0 Å². The van der Waals surface area contributed by atoms with Crippen LogP contribution in [0.3, 0.4) is 0 Å². The molecule has 1 amide bonds. The van der Waals surface area contributed by atoms with E-state index in [0.717, 1.165) is 0 Å². The molecule has 3 unspecified atom stereocenters. The second-order valence-electron chi connectivity index (χ2n) is 3.72. The summed E-state index contributed by atoms with van der Waals surface area (Å²) in [4.78, 5) is 21.9. The Hall–Kier alpha value is -1.69. The van der Waals surface area contributed by atoms with Crippen molar-refractivity contribution in [2.24, 2.45) is 0 Å². The number of benzene rings is 1. The van der Waals surface area contributed by atoms with Crippen LogP contribution in [0, 0.1) is 0 Å². The van der Waals surface area contributed by atoms with Crippen molar-refractivity contribution in [1.82, 2.24) is 5.32 Å². The zero-order chi connectivity index (χ0) is 12.4. The van der Waals surface area contributed by atoms with E-state index in [0.29, 0.717) is 5.56 Å². The number of carboxylic acid groups (broad SMARTS) is 1. The first-order chi connectivity index (χ1) is 8.09. The van der Waals surface area contributed by atoms with Gasteiger partial charge in [-0.2, -0.15) is 0 Å². The molecule has 0 aromatic heterocycles. The maximum Gasteiger partial charge on any atom is 0.323 e. The maximum atomic E-state index is 12.0. The third-order valence-electron chi connectivity index (χ3n) is 2.53. The molecule has 1 aliphatic rings. The highest BCUT2D eigenvalue weighted by Gasteiger charge is 2.38. The summed E-state index contributed by atoms with van der Waals surface area (Å²) in [5, 5.41) is 9.92. The van der Waals surface area contributed by atoms with Crippen molar-refractivity contribution < 1.29 is 18.9 Å². The van der Waals surface area contributed by atoms with E-state index in [1.54, 1.807) is 30.3 Å². The van der Waals surface area contributed by atoms with Gasteiger partial charge in [-0.05, 0) is 5.56 Å². The molecule has 5 nitrogen and oxygen atoms in total. The first-order valence-electron chi connectivity index (χ1n) is 5.06. The molecule has 17 heavy (non-hydrogen) atoms. The van der Waals surface area contributed by atoms with Crippen molar-refractivity contribution >= 4 is 22.7 Å². The molecular formula is C11H11NO4S. The van der Waals surface area contributed by atoms with Crippen LogP contribution >= 0.6 is 0 Å². The van der Waals surface area contributed by atoms with E-state index >= 15 is 0 Å². The summed E-state index contributed by atoms with van der Waals surface area (Å²) in [5.74, 6) is -1.34. The van der Waals surface area contributed by atoms with Crippen molar-refractivity contribution in [2.75, 3.05) is 0 Å². The van der Waals surface area contributed by atoms with E-state index in [9.17, 15) is 13.8 Å². The van der Waals surface area contributed by atoms with E-state index < -0.39 is 27.4 Å². The Balaban J connectivity index is 2.21. The van der Waals surface area contributed by atoms with Gasteiger partial charge in [0, 0.05) is 0 Å². The van der Waals surface area contributed by atoms with Crippen molar-refractivity contribution in [3.05, 3.63) is 35.9 Å². The van der Waals surface area contributed by atoms with Crippen molar-refractivity contribution in [3.8, 4) is 0 Å². The summed E-state index contributed by atoms with van der Waals surface area (Å²) in [6, 6.07) is 8.40. The molecule has 90 valence electrons. The minimum Gasteiger partial charge on any atom is -0.480 e. The Bertz CT molecular complexity index is 466. The number of carboxylic acids is 1. The number of β-lactam (4-membered cyclic amide) rings is 1. The number of aliphatic carboxylic acids is 1. The van der Waals surface area contributed by atoms with Crippen molar-refractivity contribution in [2.45, 2.75) is 17.0 Å². The molecule has 0 aliphatic carbocycles. The summed E-state index contributed by atoms with van der Waals surface area (Å²) in [7, 11) is -1.65. The first-order valence-corrected chi connectivity index (χ1v) is 6.33. The van der Waals surface area contributed by atoms with Crippen molar-refractivity contribution in [1.29, 1.82) is 0 Å². The zero-order valence-electron chi connectivity index (χ0n) is 8.83. The standard InChI is InChI=1S/C11H11NO4S/c13-8-6-9(12-8)17(16)10(11(14)15)7-4-2-1-3-5-7/h1-5,9-10H,6H2,(H,12,13)(H,14,15). The molecular weight excluding hydrogens is 242 g/mol. The number of hydrogen-bond acceptors (Lipinski definition) is 3. The van der Waals surface area contributed by atoms with Gasteiger partial charge in [0.1, 0.15) is 5.37 Å². The Morgan fingerprint density at radius 3 is 2.47 bits per heavy atom. The Kier molecular flexibility index (Phi) is 3.23. The molecule has 0 saturated carbocycles. The fourth-order valence-corrected chi connectivity index (χ4v) is 3.15. The van der Waals surface area contributed by atoms with E-state index in [1.165, 1.54) is 0 Å². The van der Waals surface area contributed by atoms with E-state index in [-0.39, 0.29) is 12.3 Å². The van der Waals surface area contributed by atoms with Gasteiger partial charge >= 0.3 is 5.97 Å². The van der Waals surface area contributed by atoms with Gasteiger partial charge < -0.3 is 10.4 Å². The summed E-state index contributed by atoms with van der Waals surface area (Å²) in [6.07, 6.45) is 0.128. The lowest BCUT2D eigenvalue weighted by Crippen LogP contribution is -2.52. The van der Waals surface area contributed by atoms with Crippen LogP contribution in [-0.4, -0.2) is 26.6 Å². The molecule has 1 heterocycles. The SMILES string of the molecule is O=C1CC(S(=O)C(C(=O)O)c2ccccc2)N1. The maximum absolute atomic E-state index is 12.0. The van der Waals surface area contributed by atoms with Crippen LogP contribution in [0.1, 0.15) is 17.2 Å². The van der Waals surface area contributed by atoms with Gasteiger partial charge in [0.15, 0.2) is 5.25 Å². The number of nitrogens with one attached hydrogen (secondary N) is 1. The minimum absolute atomic E-state index is 0.128. The lowest BCUT2D eigenvalue weighted by Gasteiger charge is -2.28. The largest absolute Gasteiger partial charge is 0.480 e. The van der Waals surface area contributed by atoms with Gasteiger partial charge in [0.25, 0.3) is 0 Å². The fraction of sp³-hybridized carbons (Fsp3) is 0.273. The van der Waals surface area contributed by atoms with Gasteiger partial charge in [-0.15, -0.1) is 0 Å². The molecule has 2 N–H and O–H groups in total. The third kappa shape index (κ3) is 2.36. The highest BCUT2D eigenvalue weighted by molar-refractivity contribution is 7.86. The molecule has 0 bridgehead atoms. The molecule has 6 heteroatoms. The molecule has 1 aliphatic heterocycles. The number of carbonyl (C=O) groups is 2. The summed E-state index contributed by atoms with van der Waals surface area (Å²) in [6.45, 7) is 0. The number of rotatable bonds is 4. The van der Waals surface area contributed by atoms with Crippen LogP contribution in [0.15, 0.2) is 30.3 Å². The molecule has 3 atom stereocenters. The smallest absolute Gasteiger partial charge is 0.323 e. The summed E-state index contributed by atoms with van der Waals surface area (Å²) in [5.41, 5.74) is 0.486. The van der Waals surface area contributed by atoms with Gasteiger partial charge in [0.05, 0.1) is 17.2 Å². The van der Waals surface area contributed by atoms with E-state index in [4.69, 9.17) is 5.11 Å². The Morgan fingerprint density at radius 2 is 2.00 bits per heavy atom. The predicted octanol–water partition coefficient (Wildman–Crippen LogP) is 0.407. The fourth-order valence-electron chi connectivity index (χ4n) is 1.64. The van der Waals surface area contributed by atoms with Crippen LogP contribution < -0.4 is 5.32 Å². The number of amides is 1. The molecule has 1 saturated heterocycles. The third-order valence-corrected chi connectivity index (χ3v) is 4.32. The van der Waals surface area contributed by atoms with Crippen LogP contribution in [0.5, 0.6) is 0 Å². The van der Waals surface area contributed by atoms with Gasteiger partial charge in [-0.1, -0.05) is 30.3 Å². The average molecular weight is 253 g/mol.